The molecule has 0 radical (unpaired) electrons. The van der Waals surface area contributed by atoms with E-state index < -0.39 is 6.23 Å². The van der Waals surface area contributed by atoms with E-state index in [1.807, 2.05) is 0 Å². The van der Waals surface area contributed by atoms with E-state index in [0.717, 1.165) is 25.8 Å². The average Bonchev–Trinajstić information content (AvgIpc) is 2.24. The molecular formula is C13H26N2O2. The van der Waals surface area contributed by atoms with Gasteiger partial charge in [0.2, 0.25) is 5.91 Å². The highest BCUT2D eigenvalue weighted by molar-refractivity contribution is 5.79. The van der Waals surface area contributed by atoms with Crippen molar-refractivity contribution in [2.75, 3.05) is 26.2 Å². The fourth-order valence-electron chi connectivity index (χ4n) is 2.07. The molecule has 1 unspecified atom stereocenters. The van der Waals surface area contributed by atoms with Crippen molar-refractivity contribution < 1.29 is 9.90 Å². The number of piperazine rings is 1. The molecule has 1 saturated heterocycles. The molecule has 1 atom stereocenters. The number of aliphatic hydroxyl groups excluding tert-OH is 1. The maximum absolute atomic E-state index is 11.9. The summed E-state index contributed by atoms with van der Waals surface area (Å²) in [6.45, 7) is 9.06. The molecule has 1 amide bonds. The van der Waals surface area contributed by atoms with Gasteiger partial charge in [0.15, 0.2) is 0 Å². The molecule has 1 aliphatic heterocycles. The fraction of sp³-hybridized carbons (Fsp3) is 0.923. The van der Waals surface area contributed by atoms with Crippen LogP contribution in [0.25, 0.3) is 0 Å². The molecule has 4 nitrogen and oxygen atoms in total. The number of hydrogen-bond donors (Lipinski definition) is 1. The van der Waals surface area contributed by atoms with Crippen molar-refractivity contribution in [1.29, 1.82) is 0 Å². The molecule has 100 valence electrons. The molecule has 17 heavy (non-hydrogen) atoms. The Morgan fingerprint density at radius 1 is 1.41 bits per heavy atom. The quantitative estimate of drug-likeness (QED) is 0.763. The van der Waals surface area contributed by atoms with Gasteiger partial charge < -0.3 is 10.0 Å². The van der Waals surface area contributed by atoms with Crippen LogP contribution in [0.1, 0.15) is 40.0 Å². The van der Waals surface area contributed by atoms with Gasteiger partial charge in [-0.1, -0.05) is 27.2 Å². The van der Waals surface area contributed by atoms with Gasteiger partial charge >= 0.3 is 0 Å². The van der Waals surface area contributed by atoms with Gasteiger partial charge in [0.1, 0.15) is 6.23 Å². The van der Waals surface area contributed by atoms with E-state index in [9.17, 15) is 9.90 Å². The maximum Gasteiger partial charge on any atom is 0.238 e. The van der Waals surface area contributed by atoms with E-state index in [-0.39, 0.29) is 5.91 Å². The van der Waals surface area contributed by atoms with Crippen LogP contribution in [0.4, 0.5) is 0 Å². The minimum Gasteiger partial charge on any atom is -0.372 e. The third kappa shape index (κ3) is 4.64. The Morgan fingerprint density at radius 3 is 2.65 bits per heavy atom. The number of amides is 1. The largest absolute Gasteiger partial charge is 0.372 e. The second-order valence-electron chi connectivity index (χ2n) is 5.34. The summed E-state index contributed by atoms with van der Waals surface area (Å²) in [6.07, 6.45) is 2.55. The Kier molecular flexibility index (Phi) is 5.92. The van der Waals surface area contributed by atoms with Crippen molar-refractivity contribution >= 4 is 5.91 Å². The Balaban J connectivity index is 2.41. The van der Waals surface area contributed by atoms with Crippen LogP contribution < -0.4 is 0 Å². The van der Waals surface area contributed by atoms with Gasteiger partial charge in [-0.2, -0.15) is 0 Å². The molecule has 4 heteroatoms. The molecule has 0 spiro atoms. The first-order valence-electron chi connectivity index (χ1n) is 6.74. The highest BCUT2D eigenvalue weighted by Crippen LogP contribution is 2.12. The molecule has 1 fully saturated rings. The Hall–Kier alpha value is -0.610. The molecule has 0 aliphatic carbocycles. The number of aliphatic hydroxyl groups is 1. The third-order valence-electron chi connectivity index (χ3n) is 3.24. The first-order valence-corrected chi connectivity index (χ1v) is 6.74. The normalized spacial score (nSPS) is 22.5. The van der Waals surface area contributed by atoms with Gasteiger partial charge in [-0.05, 0) is 25.3 Å². The number of carbonyl (C=O) groups is 1. The van der Waals surface area contributed by atoms with Crippen LogP contribution in [0.5, 0.6) is 0 Å². The monoisotopic (exact) mass is 242 g/mol. The van der Waals surface area contributed by atoms with Crippen LogP contribution in [0, 0.1) is 5.92 Å². The average molecular weight is 242 g/mol. The highest BCUT2D eigenvalue weighted by Gasteiger charge is 2.30. The molecule has 0 aromatic carbocycles. The van der Waals surface area contributed by atoms with Gasteiger partial charge in [-0.25, -0.2) is 0 Å². The summed E-state index contributed by atoms with van der Waals surface area (Å²) in [7, 11) is 0. The van der Waals surface area contributed by atoms with Crippen LogP contribution in [-0.4, -0.2) is 53.2 Å². The Labute approximate surface area is 105 Å². The molecule has 0 saturated carbocycles. The summed E-state index contributed by atoms with van der Waals surface area (Å²) < 4.78 is 0. The zero-order valence-electron chi connectivity index (χ0n) is 11.4. The second-order valence-corrected chi connectivity index (χ2v) is 5.34. The van der Waals surface area contributed by atoms with Crippen molar-refractivity contribution in [1.82, 2.24) is 9.80 Å². The van der Waals surface area contributed by atoms with E-state index in [1.165, 1.54) is 0 Å². The summed E-state index contributed by atoms with van der Waals surface area (Å²) >= 11 is 0. The lowest BCUT2D eigenvalue weighted by Crippen LogP contribution is -2.56. The van der Waals surface area contributed by atoms with E-state index in [1.54, 1.807) is 4.90 Å². The van der Waals surface area contributed by atoms with Gasteiger partial charge in [0.25, 0.3) is 0 Å². The molecular weight excluding hydrogens is 216 g/mol. The second kappa shape index (κ2) is 6.97. The lowest BCUT2D eigenvalue weighted by molar-refractivity contribution is -0.152. The first-order chi connectivity index (χ1) is 8.04. The predicted octanol–water partition coefficient (Wildman–Crippen LogP) is 1.30. The standard InChI is InChI=1S/C13H26N2O2/c1-4-5-7-14-9-12(16)15(13(17)10-14)8-6-11(2)3/h11-12,16H,4-10H2,1-3H3. The molecule has 0 aromatic rings. The summed E-state index contributed by atoms with van der Waals surface area (Å²) in [5.41, 5.74) is 0. The lowest BCUT2D eigenvalue weighted by Gasteiger charge is -2.38. The summed E-state index contributed by atoms with van der Waals surface area (Å²) in [5.74, 6) is 0.633. The molecule has 1 aliphatic rings. The van der Waals surface area contributed by atoms with Gasteiger partial charge in [-0.15, -0.1) is 0 Å². The van der Waals surface area contributed by atoms with Crippen LogP contribution in [0.3, 0.4) is 0 Å². The molecule has 1 heterocycles. The maximum atomic E-state index is 11.9. The molecule has 0 bridgehead atoms. The number of β-amino-alcohol motifs (C(OH)–C–C–N with tert-alkyl or cyclic N) is 1. The fourth-order valence-corrected chi connectivity index (χ4v) is 2.07. The third-order valence-corrected chi connectivity index (χ3v) is 3.24. The van der Waals surface area contributed by atoms with Gasteiger partial charge in [0.05, 0.1) is 6.54 Å². The van der Waals surface area contributed by atoms with Gasteiger partial charge in [0, 0.05) is 13.1 Å². The number of nitrogens with zero attached hydrogens (tertiary/aromatic N) is 2. The van der Waals surface area contributed by atoms with Crippen molar-refractivity contribution in [2.45, 2.75) is 46.3 Å². The zero-order chi connectivity index (χ0) is 12.8. The zero-order valence-corrected chi connectivity index (χ0v) is 11.4. The lowest BCUT2D eigenvalue weighted by atomic mass is 10.1. The predicted molar refractivity (Wildman–Crippen MR) is 68.5 cm³/mol. The summed E-state index contributed by atoms with van der Waals surface area (Å²) in [4.78, 5) is 15.6. The van der Waals surface area contributed by atoms with E-state index in [4.69, 9.17) is 0 Å². The Bertz CT molecular complexity index is 244. The summed E-state index contributed by atoms with van der Waals surface area (Å²) in [6, 6.07) is 0. The van der Waals surface area contributed by atoms with E-state index in [2.05, 4.69) is 25.7 Å². The minimum atomic E-state index is -0.619. The molecule has 0 aromatic heterocycles. The first kappa shape index (κ1) is 14.5. The van der Waals surface area contributed by atoms with Crippen LogP contribution in [0.2, 0.25) is 0 Å². The topological polar surface area (TPSA) is 43.8 Å². The van der Waals surface area contributed by atoms with Crippen LogP contribution in [0.15, 0.2) is 0 Å². The SMILES string of the molecule is CCCCN1CC(=O)N(CCC(C)C)C(O)C1. The number of unbranched alkanes of at least 4 members (excludes halogenated alkanes) is 1. The Morgan fingerprint density at radius 2 is 2.12 bits per heavy atom. The van der Waals surface area contributed by atoms with Crippen molar-refractivity contribution in [3.05, 3.63) is 0 Å². The van der Waals surface area contributed by atoms with Crippen molar-refractivity contribution in [3.8, 4) is 0 Å². The van der Waals surface area contributed by atoms with Gasteiger partial charge in [-0.3, -0.25) is 9.69 Å². The molecule has 1 rings (SSSR count). The summed E-state index contributed by atoms with van der Waals surface area (Å²) in [5, 5.41) is 9.99. The van der Waals surface area contributed by atoms with E-state index >= 15 is 0 Å². The van der Waals surface area contributed by atoms with E-state index in [0.29, 0.717) is 25.6 Å². The number of carbonyl (C=O) groups excluding carboxylic acids is 1. The van der Waals surface area contributed by atoms with Crippen LogP contribution >= 0.6 is 0 Å². The minimum absolute atomic E-state index is 0.0699. The van der Waals surface area contributed by atoms with Crippen molar-refractivity contribution in [3.63, 3.8) is 0 Å². The number of rotatable bonds is 6. The van der Waals surface area contributed by atoms with Crippen molar-refractivity contribution in [2.24, 2.45) is 5.92 Å². The molecule has 1 N–H and O–H groups in total. The highest BCUT2D eigenvalue weighted by atomic mass is 16.3. The van der Waals surface area contributed by atoms with Crippen LogP contribution in [-0.2, 0) is 4.79 Å². The number of hydrogen-bond acceptors (Lipinski definition) is 3. The smallest absolute Gasteiger partial charge is 0.238 e.